The molecule has 28 heavy (non-hydrogen) atoms. The molecule has 1 aliphatic heterocycles. The highest BCUT2D eigenvalue weighted by Crippen LogP contribution is 2.27. The molecule has 13 heteroatoms. The first-order chi connectivity index (χ1) is 13.0. The molecule has 0 fully saturated rings. The fourth-order valence-corrected chi connectivity index (χ4v) is 4.13. The first-order valence-corrected chi connectivity index (χ1v) is 8.91. The van der Waals surface area contributed by atoms with Gasteiger partial charge in [-0.15, -0.1) is 0 Å². The van der Waals surface area contributed by atoms with Gasteiger partial charge in [0, 0.05) is 13.2 Å². The third-order valence-electron chi connectivity index (χ3n) is 4.03. The van der Waals surface area contributed by atoms with Gasteiger partial charge in [-0.2, -0.15) is 0 Å². The number of carboxylic acids is 1. The molecule has 3 N–H and O–H groups in total. The summed E-state index contributed by atoms with van der Waals surface area (Å²) in [6, 6.07) is 1.33. The van der Waals surface area contributed by atoms with Crippen molar-refractivity contribution in [1.29, 1.82) is 0 Å². The van der Waals surface area contributed by atoms with Crippen LogP contribution in [0.4, 0.5) is 14.6 Å². The molecule has 148 valence electrons. The zero-order chi connectivity index (χ0) is 21.0. The first-order valence-electron chi connectivity index (χ1n) is 7.42. The van der Waals surface area contributed by atoms with E-state index in [1.807, 2.05) is 0 Å². The van der Waals surface area contributed by atoms with E-state index in [0.29, 0.717) is 22.9 Å². The largest absolute Gasteiger partial charge is 0.503 e. The first kappa shape index (κ1) is 19.3. The third kappa shape index (κ3) is 2.76. The highest BCUT2D eigenvalue weighted by Gasteiger charge is 2.37. The third-order valence-corrected chi connectivity index (χ3v) is 5.81. The van der Waals surface area contributed by atoms with E-state index in [1.165, 1.54) is 0 Å². The summed E-state index contributed by atoms with van der Waals surface area (Å²) in [5, 5.41) is 20.4. The number of aliphatic carboxylic acids is 1. The second-order valence-corrected chi connectivity index (χ2v) is 7.64. The minimum atomic E-state index is -4.77. The summed E-state index contributed by atoms with van der Waals surface area (Å²) in [5.41, 5.74) is -2.64. The van der Waals surface area contributed by atoms with E-state index in [-0.39, 0.29) is 5.56 Å². The predicted molar refractivity (Wildman–Crippen MR) is 89.6 cm³/mol. The number of sulfone groups is 1. The van der Waals surface area contributed by atoms with E-state index in [0.717, 1.165) is 11.6 Å². The van der Waals surface area contributed by atoms with Gasteiger partial charge in [0.05, 0.1) is 6.54 Å². The van der Waals surface area contributed by atoms with E-state index in [9.17, 15) is 31.6 Å². The number of benzene rings is 1. The number of nitrogens with one attached hydrogen (secondary N) is 1. The van der Waals surface area contributed by atoms with Crippen LogP contribution in [0.3, 0.4) is 0 Å². The van der Waals surface area contributed by atoms with Crippen LogP contribution in [0.15, 0.2) is 37.7 Å². The van der Waals surface area contributed by atoms with Gasteiger partial charge < -0.3 is 15.5 Å². The van der Waals surface area contributed by atoms with Crippen molar-refractivity contribution < 1.29 is 32.2 Å². The fraction of sp³-hybridized carbons (Fsp3) is 0.133. The Labute approximate surface area is 154 Å². The van der Waals surface area contributed by atoms with Crippen molar-refractivity contribution in [3.8, 4) is 5.75 Å². The van der Waals surface area contributed by atoms with E-state index >= 15 is 0 Å². The summed E-state index contributed by atoms with van der Waals surface area (Å²) < 4.78 is 53.2. The van der Waals surface area contributed by atoms with Gasteiger partial charge in [0.2, 0.25) is 9.84 Å². The van der Waals surface area contributed by atoms with E-state index in [4.69, 9.17) is 10.2 Å². The number of carbonyl (C=O) groups is 1. The zero-order valence-electron chi connectivity index (χ0n) is 13.9. The number of nitrogens with zero attached hydrogens (tertiary/aromatic N) is 2. The minimum Gasteiger partial charge on any atom is -0.503 e. The van der Waals surface area contributed by atoms with Crippen molar-refractivity contribution in [1.82, 2.24) is 9.13 Å². The number of halogens is 2. The lowest BCUT2D eigenvalue weighted by Gasteiger charge is -2.20. The second-order valence-electron chi connectivity index (χ2n) is 5.78. The van der Waals surface area contributed by atoms with Crippen LogP contribution < -0.4 is 16.6 Å². The Morgan fingerprint density at radius 3 is 2.32 bits per heavy atom. The topological polar surface area (TPSA) is 148 Å². The molecule has 0 unspecified atom stereocenters. The number of rotatable bonds is 3. The molecule has 2 aromatic rings. The molecule has 0 spiro atoms. The van der Waals surface area contributed by atoms with Gasteiger partial charge in [-0.1, -0.05) is 0 Å². The maximum Gasteiger partial charge on any atom is 0.349 e. The molecule has 0 saturated carbocycles. The molecule has 2 heterocycles. The number of carboxylic acid groups (broad SMARTS) is 1. The van der Waals surface area contributed by atoms with Crippen molar-refractivity contribution in [2.45, 2.75) is 11.4 Å². The number of anilines is 1. The quantitative estimate of drug-likeness (QED) is 0.619. The summed E-state index contributed by atoms with van der Waals surface area (Å²) >= 11 is 0. The summed E-state index contributed by atoms with van der Waals surface area (Å²) in [6.45, 7) is -0.728. The van der Waals surface area contributed by atoms with Crippen LogP contribution in [0.5, 0.6) is 5.75 Å². The fourth-order valence-electron chi connectivity index (χ4n) is 2.67. The van der Waals surface area contributed by atoms with E-state index in [2.05, 4.69) is 5.32 Å². The lowest BCUT2D eigenvalue weighted by Crippen LogP contribution is -2.44. The molecule has 0 saturated heterocycles. The van der Waals surface area contributed by atoms with Crippen molar-refractivity contribution in [3.63, 3.8) is 0 Å². The maximum atomic E-state index is 13.5. The molecular formula is C15H11F2N3O7S. The predicted octanol–water partition coefficient (Wildman–Crippen LogP) is -0.296. The summed E-state index contributed by atoms with van der Waals surface area (Å²) in [7, 11) is -3.65. The lowest BCUT2D eigenvalue weighted by atomic mass is 10.2. The number of fused-ring (bicyclic) bond motifs is 1. The Morgan fingerprint density at radius 2 is 1.79 bits per heavy atom. The summed E-state index contributed by atoms with van der Waals surface area (Å²) in [6.07, 6.45) is 0.633. The maximum absolute atomic E-state index is 13.5. The van der Waals surface area contributed by atoms with Crippen LogP contribution in [0.25, 0.3) is 0 Å². The van der Waals surface area contributed by atoms with Crippen molar-refractivity contribution in [2.75, 3.05) is 5.32 Å². The van der Waals surface area contributed by atoms with Crippen molar-refractivity contribution >= 4 is 21.6 Å². The Hall–Kier alpha value is -3.48. The van der Waals surface area contributed by atoms with Gasteiger partial charge in [0.1, 0.15) is 5.82 Å². The second kappa shape index (κ2) is 6.30. The number of phenolic OH excluding ortho intramolecular Hbond substituents is 1. The molecule has 0 atom stereocenters. The van der Waals surface area contributed by atoms with Gasteiger partial charge in [-0.3, -0.25) is 13.9 Å². The molecule has 0 amide bonds. The summed E-state index contributed by atoms with van der Waals surface area (Å²) in [5.74, 6) is -6.20. The number of hydrogen-bond acceptors (Lipinski definition) is 7. The number of phenols is 1. The van der Waals surface area contributed by atoms with Gasteiger partial charge >= 0.3 is 11.7 Å². The van der Waals surface area contributed by atoms with Gasteiger partial charge in [-0.25, -0.2) is 26.8 Å². The number of aromatic hydroxyl groups is 1. The van der Waals surface area contributed by atoms with Crippen LogP contribution in [-0.2, 0) is 28.2 Å². The molecule has 10 nitrogen and oxygen atoms in total. The Morgan fingerprint density at radius 1 is 1.21 bits per heavy atom. The zero-order valence-corrected chi connectivity index (χ0v) is 14.7. The van der Waals surface area contributed by atoms with Gasteiger partial charge in [0.15, 0.2) is 27.2 Å². The molecule has 3 rings (SSSR count). The van der Waals surface area contributed by atoms with Gasteiger partial charge in [-0.05, 0) is 17.7 Å². The summed E-state index contributed by atoms with van der Waals surface area (Å²) in [4.78, 5) is 34.2. The molecule has 1 aromatic carbocycles. The van der Waals surface area contributed by atoms with E-state index in [1.54, 1.807) is 0 Å². The van der Waals surface area contributed by atoms with Crippen molar-refractivity contribution in [2.24, 2.45) is 7.05 Å². The average molecular weight is 415 g/mol. The molecule has 1 aromatic heterocycles. The standard InChI is InChI=1S/C15H11F2N3O7S/c1-19-12-11(28(26,27)9(4-18-12)14(23)24)13(22)20(15(19)25)5-6-2-7(16)10(21)8(17)3-6/h2-4,18,21H,5H2,1H3,(H,23,24). The van der Waals surface area contributed by atoms with Crippen LogP contribution in [0, 0.1) is 11.6 Å². The Kier molecular flexibility index (Phi) is 4.34. The smallest absolute Gasteiger partial charge is 0.349 e. The highest BCUT2D eigenvalue weighted by atomic mass is 32.2. The van der Waals surface area contributed by atoms with Gasteiger partial charge in [0.25, 0.3) is 5.56 Å². The molecule has 1 aliphatic rings. The van der Waals surface area contributed by atoms with Crippen LogP contribution in [-0.4, -0.2) is 33.7 Å². The Balaban J connectivity index is 2.27. The minimum absolute atomic E-state index is 0.248. The number of aromatic nitrogens is 2. The lowest BCUT2D eigenvalue weighted by molar-refractivity contribution is -0.131. The molecule has 0 bridgehead atoms. The average Bonchev–Trinajstić information content (AvgIpc) is 2.59. The number of hydrogen-bond donors (Lipinski definition) is 3. The van der Waals surface area contributed by atoms with Crippen LogP contribution in [0.1, 0.15) is 5.56 Å². The Bertz CT molecular complexity index is 1270. The van der Waals surface area contributed by atoms with Crippen molar-refractivity contribution in [3.05, 3.63) is 61.3 Å². The SMILES string of the molecule is Cn1c2c(c(=O)n(Cc3cc(F)c(O)c(F)c3)c1=O)S(=O)(=O)C(C(=O)O)=CN2. The molecular weight excluding hydrogens is 404 g/mol. The van der Waals surface area contributed by atoms with Crippen LogP contribution in [0.2, 0.25) is 0 Å². The highest BCUT2D eigenvalue weighted by molar-refractivity contribution is 7.96. The van der Waals surface area contributed by atoms with Crippen LogP contribution >= 0.6 is 0 Å². The monoisotopic (exact) mass is 415 g/mol. The molecule has 0 aliphatic carbocycles. The molecule has 0 radical (unpaired) electrons. The normalized spacial score (nSPS) is 14.8. The van der Waals surface area contributed by atoms with E-state index < -0.39 is 66.6 Å².